The summed E-state index contributed by atoms with van der Waals surface area (Å²) in [7, 11) is 1.59. The Balaban J connectivity index is 1.57. The molecule has 12 nitrogen and oxygen atoms in total. The van der Waals surface area contributed by atoms with Crippen LogP contribution in [0.2, 0.25) is 0 Å². The highest BCUT2D eigenvalue weighted by atomic mass is 32.1. The van der Waals surface area contributed by atoms with Crippen molar-refractivity contribution in [2.75, 3.05) is 6.54 Å². The molecule has 0 aliphatic rings. The Kier molecular flexibility index (Phi) is 12.2. The number of nitrogens with zero attached hydrogens (tertiary/aromatic N) is 1. The average molecular weight is 672 g/mol. The van der Waals surface area contributed by atoms with Gasteiger partial charge in [0, 0.05) is 31.1 Å². The first-order valence-corrected chi connectivity index (χ1v) is 16.5. The standard InChI is InChI=1S/C35H41N7O5S/c1-21(2)28(41-32(45)26(20-22-12-6-4-7-13-22)40-31(44)23-14-8-5-9-15-23)33(46)39-25(17-11-19-38-34(36)37)30(43)24-16-10-18-27-29(24)42(3)35(47)48-27/h4-10,12-16,18,21,25-26,28H,11,17,19-20H2,1-3H3,(H,39,46)(H,40,44)(H,41,45)(H4,36,37,38)/t25-,26-,28-/m0/s1. The van der Waals surface area contributed by atoms with E-state index in [1.54, 1.807) is 69.4 Å². The van der Waals surface area contributed by atoms with E-state index in [1.165, 1.54) is 4.57 Å². The predicted octanol–water partition coefficient (Wildman–Crippen LogP) is 2.71. The Morgan fingerprint density at radius 3 is 2.17 bits per heavy atom. The first kappa shape index (κ1) is 35.6. The molecule has 4 rings (SSSR count). The lowest BCUT2D eigenvalue weighted by atomic mass is 9.96. The SMILES string of the molecule is CC(C)[C@H](NC(=O)[C@H](Cc1ccccc1)NC(=O)c1ccccc1)C(=O)N[C@@H](CCCNC(=N)N)C(=O)c1cccc2sc(=O)n(C)c12. The number of ketones is 1. The van der Waals surface area contributed by atoms with Gasteiger partial charge in [0.25, 0.3) is 5.91 Å². The number of rotatable bonds is 15. The lowest BCUT2D eigenvalue weighted by Crippen LogP contribution is -2.57. The van der Waals surface area contributed by atoms with Crippen LogP contribution in [-0.2, 0) is 23.1 Å². The van der Waals surface area contributed by atoms with Gasteiger partial charge in [0.2, 0.25) is 11.8 Å². The van der Waals surface area contributed by atoms with Crippen LogP contribution in [0.1, 0.15) is 53.0 Å². The van der Waals surface area contributed by atoms with Crippen LogP contribution >= 0.6 is 11.3 Å². The van der Waals surface area contributed by atoms with E-state index in [9.17, 15) is 24.0 Å². The number of para-hydroxylation sites is 1. The summed E-state index contributed by atoms with van der Waals surface area (Å²) >= 11 is 1.02. The summed E-state index contributed by atoms with van der Waals surface area (Å²) in [6.45, 7) is 3.84. The van der Waals surface area contributed by atoms with Gasteiger partial charge >= 0.3 is 4.87 Å². The molecule has 4 aromatic rings. The number of thiazole rings is 1. The molecular weight excluding hydrogens is 630 g/mol. The van der Waals surface area contributed by atoms with Crippen molar-refractivity contribution < 1.29 is 19.2 Å². The molecule has 3 aromatic carbocycles. The molecule has 0 saturated carbocycles. The van der Waals surface area contributed by atoms with E-state index in [2.05, 4.69) is 21.3 Å². The molecule has 0 unspecified atom stereocenters. The van der Waals surface area contributed by atoms with Crippen molar-refractivity contribution in [1.82, 2.24) is 25.8 Å². The van der Waals surface area contributed by atoms with Crippen LogP contribution in [0.5, 0.6) is 0 Å². The summed E-state index contributed by atoms with van der Waals surface area (Å²) in [4.78, 5) is 67.0. The van der Waals surface area contributed by atoms with Crippen LogP contribution in [0.15, 0.2) is 83.7 Å². The number of aromatic nitrogens is 1. The second kappa shape index (κ2) is 16.5. The van der Waals surface area contributed by atoms with E-state index < -0.39 is 41.6 Å². The van der Waals surface area contributed by atoms with Crippen molar-refractivity contribution in [1.29, 1.82) is 5.41 Å². The van der Waals surface area contributed by atoms with Crippen LogP contribution in [0.4, 0.5) is 0 Å². The second-order valence-corrected chi connectivity index (χ2v) is 12.8. The monoisotopic (exact) mass is 671 g/mol. The Labute approximate surface area is 282 Å². The number of nitrogens with one attached hydrogen (secondary N) is 5. The minimum atomic E-state index is -1.05. The molecule has 0 spiro atoms. The van der Waals surface area contributed by atoms with E-state index in [0.29, 0.717) is 28.7 Å². The first-order valence-electron chi connectivity index (χ1n) is 15.7. The van der Waals surface area contributed by atoms with Crippen LogP contribution in [0.25, 0.3) is 10.2 Å². The zero-order valence-electron chi connectivity index (χ0n) is 27.1. The number of amides is 3. The summed E-state index contributed by atoms with van der Waals surface area (Å²) in [6, 6.07) is 19.8. The summed E-state index contributed by atoms with van der Waals surface area (Å²) in [5, 5.41) is 18.6. The minimum absolute atomic E-state index is 0.186. The van der Waals surface area contributed by atoms with E-state index >= 15 is 0 Å². The fourth-order valence-electron chi connectivity index (χ4n) is 5.33. The van der Waals surface area contributed by atoms with Gasteiger partial charge in [-0.05, 0) is 48.6 Å². The van der Waals surface area contributed by atoms with Crippen molar-refractivity contribution in [2.24, 2.45) is 18.7 Å². The molecule has 252 valence electrons. The van der Waals surface area contributed by atoms with E-state index in [0.717, 1.165) is 16.9 Å². The van der Waals surface area contributed by atoms with Gasteiger partial charge in [-0.15, -0.1) is 0 Å². The lowest BCUT2D eigenvalue weighted by molar-refractivity contribution is -0.131. The number of benzene rings is 3. The topological polar surface area (TPSA) is 188 Å². The largest absolute Gasteiger partial charge is 0.370 e. The maximum atomic E-state index is 14.0. The molecule has 1 heterocycles. The first-order chi connectivity index (χ1) is 23.0. The van der Waals surface area contributed by atoms with E-state index in [1.807, 2.05) is 30.3 Å². The molecule has 0 fully saturated rings. The van der Waals surface area contributed by atoms with E-state index in [4.69, 9.17) is 11.1 Å². The highest BCUT2D eigenvalue weighted by molar-refractivity contribution is 7.16. The van der Waals surface area contributed by atoms with Gasteiger partial charge in [0.05, 0.1) is 16.3 Å². The summed E-state index contributed by atoms with van der Waals surface area (Å²) < 4.78 is 2.06. The van der Waals surface area contributed by atoms with Crippen molar-refractivity contribution in [2.45, 2.75) is 51.2 Å². The molecule has 13 heteroatoms. The van der Waals surface area contributed by atoms with Gasteiger partial charge in [0.15, 0.2) is 11.7 Å². The second-order valence-electron chi connectivity index (χ2n) is 11.8. The average Bonchev–Trinajstić information content (AvgIpc) is 3.37. The number of carbonyl (C=O) groups excluding carboxylic acids is 4. The molecule has 0 saturated heterocycles. The maximum Gasteiger partial charge on any atom is 0.307 e. The number of hydrogen-bond donors (Lipinski definition) is 6. The molecule has 7 N–H and O–H groups in total. The van der Waals surface area contributed by atoms with Crippen LogP contribution in [0, 0.1) is 11.3 Å². The number of fused-ring (bicyclic) bond motifs is 1. The third kappa shape index (κ3) is 9.16. The lowest BCUT2D eigenvalue weighted by Gasteiger charge is -2.27. The van der Waals surface area contributed by atoms with Crippen molar-refractivity contribution in [3.63, 3.8) is 0 Å². The molecular formula is C35H41N7O5S. The molecule has 0 radical (unpaired) electrons. The summed E-state index contributed by atoms with van der Waals surface area (Å²) in [5.41, 5.74) is 7.39. The highest BCUT2D eigenvalue weighted by Gasteiger charge is 2.32. The molecule has 0 aliphatic heterocycles. The zero-order valence-corrected chi connectivity index (χ0v) is 27.9. The Morgan fingerprint density at radius 2 is 1.52 bits per heavy atom. The van der Waals surface area contributed by atoms with Gasteiger partial charge in [-0.3, -0.25) is 29.4 Å². The molecule has 3 amide bonds. The normalized spacial score (nSPS) is 12.9. The zero-order chi connectivity index (χ0) is 34.8. The maximum absolute atomic E-state index is 14.0. The number of hydrogen-bond acceptors (Lipinski definition) is 7. The van der Waals surface area contributed by atoms with Gasteiger partial charge < -0.3 is 31.6 Å². The third-order valence-corrected chi connectivity index (χ3v) is 8.87. The fraction of sp³-hybridized carbons (Fsp3) is 0.314. The molecule has 3 atom stereocenters. The number of aryl methyl sites for hydroxylation is 1. The van der Waals surface area contributed by atoms with Crippen molar-refractivity contribution in [3.8, 4) is 0 Å². The van der Waals surface area contributed by atoms with Crippen molar-refractivity contribution in [3.05, 3.63) is 105 Å². The molecule has 48 heavy (non-hydrogen) atoms. The number of nitrogens with two attached hydrogens (primary N) is 1. The van der Waals surface area contributed by atoms with Crippen LogP contribution in [0.3, 0.4) is 0 Å². The molecule has 1 aromatic heterocycles. The van der Waals surface area contributed by atoms with Gasteiger partial charge in [-0.1, -0.05) is 79.8 Å². The quantitative estimate of drug-likeness (QED) is 0.0485. The fourth-order valence-corrected chi connectivity index (χ4v) is 6.24. The number of carbonyl (C=O) groups is 4. The Hall–Kier alpha value is -5.30. The summed E-state index contributed by atoms with van der Waals surface area (Å²) in [6.07, 6.45) is 0.769. The van der Waals surface area contributed by atoms with Crippen molar-refractivity contribution >= 4 is 51.0 Å². The molecule has 0 bridgehead atoms. The summed E-state index contributed by atoms with van der Waals surface area (Å²) in [5.74, 6) is -2.55. The van der Waals surface area contributed by atoms with Crippen LogP contribution < -0.4 is 31.9 Å². The molecule has 0 aliphatic carbocycles. The highest BCUT2D eigenvalue weighted by Crippen LogP contribution is 2.23. The van der Waals surface area contributed by atoms with Gasteiger partial charge in [0.1, 0.15) is 12.1 Å². The minimum Gasteiger partial charge on any atom is -0.370 e. The van der Waals surface area contributed by atoms with Crippen LogP contribution in [-0.4, -0.2) is 58.7 Å². The Morgan fingerprint density at radius 1 is 0.854 bits per heavy atom. The smallest absolute Gasteiger partial charge is 0.307 e. The van der Waals surface area contributed by atoms with Gasteiger partial charge in [-0.25, -0.2) is 0 Å². The van der Waals surface area contributed by atoms with Gasteiger partial charge in [-0.2, -0.15) is 0 Å². The third-order valence-electron chi connectivity index (χ3n) is 7.88. The Bertz CT molecular complexity index is 1820. The van der Waals surface area contributed by atoms with E-state index in [-0.39, 0.29) is 35.2 Å². The number of guanidine groups is 1. The number of Topliss-reactive ketones (excluding diaryl/α,β-unsaturated/α-hetero) is 1. The predicted molar refractivity (Wildman–Crippen MR) is 187 cm³/mol.